The van der Waals surface area contributed by atoms with Crippen LogP contribution in [0.3, 0.4) is 0 Å². The number of ether oxygens (including phenoxy) is 5. The van der Waals surface area contributed by atoms with E-state index >= 15 is 0 Å². The van der Waals surface area contributed by atoms with Gasteiger partial charge < -0.3 is 33.7 Å². The Morgan fingerprint density at radius 3 is 2.24 bits per heavy atom. The fraction of sp³-hybridized carbons (Fsp3) is 0.480. The molecule has 0 unspecified atom stereocenters. The van der Waals surface area contributed by atoms with E-state index in [1.165, 1.54) is 14.2 Å². The third kappa shape index (κ3) is 3.53. The van der Waals surface area contributed by atoms with Gasteiger partial charge in [0, 0.05) is 11.8 Å². The first-order valence-electron chi connectivity index (χ1n) is 11.1. The van der Waals surface area contributed by atoms with Crippen molar-refractivity contribution in [2.24, 2.45) is 11.8 Å². The average molecular weight is 456 g/mol. The maximum absolute atomic E-state index is 13.1. The first-order valence-corrected chi connectivity index (χ1v) is 11.1. The van der Waals surface area contributed by atoms with Crippen LogP contribution in [0, 0.1) is 11.8 Å². The zero-order valence-electron chi connectivity index (χ0n) is 19.3. The third-order valence-corrected chi connectivity index (χ3v) is 7.09. The van der Waals surface area contributed by atoms with Gasteiger partial charge in [-0.05, 0) is 73.9 Å². The number of carbonyl (C=O) groups is 1. The van der Waals surface area contributed by atoms with Gasteiger partial charge in [-0.3, -0.25) is 4.79 Å². The van der Waals surface area contributed by atoms with Gasteiger partial charge in [0.2, 0.25) is 12.5 Å². The summed E-state index contributed by atoms with van der Waals surface area (Å²) >= 11 is 0. The van der Waals surface area contributed by atoms with Crippen molar-refractivity contribution in [3.63, 3.8) is 0 Å². The highest BCUT2D eigenvalue weighted by atomic mass is 16.7. The van der Waals surface area contributed by atoms with Crippen molar-refractivity contribution in [2.75, 3.05) is 48.3 Å². The van der Waals surface area contributed by atoms with Gasteiger partial charge in [0.05, 0.1) is 26.7 Å². The van der Waals surface area contributed by atoms with Crippen LogP contribution in [0.1, 0.15) is 34.9 Å². The second-order valence-electron chi connectivity index (χ2n) is 9.10. The van der Waals surface area contributed by atoms with Crippen molar-refractivity contribution in [2.45, 2.75) is 18.3 Å². The largest absolute Gasteiger partial charge is 0.502 e. The van der Waals surface area contributed by atoms with E-state index in [-0.39, 0.29) is 42.2 Å². The molecule has 5 rings (SSSR count). The van der Waals surface area contributed by atoms with E-state index < -0.39 is 0 Å². The fourth-order valence-electron chi connectivity index (χ4n) is 5.54. The summed E-state index contributed by atoms with van der Waals surface area (Å²) in [6, 6.07) is 7.62. The summed E-state index contributed by atoms with van der Waals surface area (Å²) < 4.78 is 27.8. The number of methoxy groups -OCH3 is 2. The third-order valence-electron chi connectivity index (χ3n) is 7.09. The van der Waals surface area contributed by atoms with Crippen LogP contribution < -0.4 is 18.9 Å². The summed E-state index contributed by atoms with van der Waals surface area (Å²) in [4.78, 5) is 15.2. The molecule has 33 heavy (non-hydrogen) atoms. The SMILES string of the molecule is COc1cc([C@@H]2c3cc4c(cc3[C@@H](CCN(C)C)[C@@H]3COC(=O)[C@H]23)OCO4)cc(OC)c1O. The Balaban J connectivity index is 1.71. The van der Waals surface area contributed by atoms with E-state index in [1.807, 2.05) is 6.07 Å². The first-order chi connectivity index (χ1) is 15.9. The predicted octanol–water partition coefficient (Wildman–Crippen LogP) is 3.11. The van der Waals surface area contributed by atoms with Crippen molar-refractivity contribution >= 4 is 5.97 Å². The number of aromatic hydroxyl groups is 1. The Morgan fingerprint density at radius 1 is 1.00 bits per heavy atom. The number of phenolic OH excluding ortho intramolecular Hbond substituents is 1. The minimum atomic E-state index is -0.357. The van der Waals surface area contributed by atoms with Crippen LogP contribution in [0.15, 0.2) is 24.3 Å². The molecule has 1 aliphatic carbocycles. The molecule has 1 N–H and O–H groups in total. The Hall–Kier alpha value is -3.13. The van der Waals surface area contributed by atoms with Crippen LogP contribution in [-0.2, 0) is 9.53 Å². The van der Waals surface area contributed by atoms with E-state index in [4.69, 9.17) is 23.7 Å². The van der Waals surface area contributed by atoms with Crippen molar-refractivity contribution < 1.29 is 33.6 Å². The zero-order chi connectivity index (χ0) is 23.3. The highest BCUT2D eigenvalue weighted by Gasteiger charge is 2.52. The molecule has 3 aliphatic rings. The standard InChI is InChI=1S/C25H29NO7/c1-26(2)6-5-14-15-9-18-19(33-12-32-18)10-16(15)22(23-17(14)11-31-25(23)28)13-7-20(29-3)24(27)21(8-13)30-4/h7-10,14,17,22-23,27H,5-6,11-12H2,1-4H3/t14-,17+,22-,23+/m1/s1. The summed E-state index contributed by atoms with van der Waals surface area (Å²) in [7, 11) is 7.09. The van der Waals surface area contributed by atoms with Crippen LogP contribution in [0.25, 0.3) is 0 Å². The lowest BCUT2D eigenvalue weighted by Gasteiger charge is -2.39. The number of carbonyl (C=O) groups excluding carboxylic acids is 1. The number of esters is 1. The Kier molecular flexibility index (Phi) is 5.48. The number of hydrogen-bond acceptors (Lipinski definition) is 8. The van der Waals surface area contributed by atoms with Crippen LogP contribution in [0.5, 0.6) is 28.7 Å². The lowest BCUT2D eigenvalue weighted by atomic mass is 9.62. The molecular weight excluding hydrogens is 426 g/mol. The lowest BCUT2D eigenvalue weighted by Crippen LogP contribution is -2.36. The number of rotatable bonds is 6. The molecule has 4 atom stereocenters. The minimum Gasteiger partial charge on any atom is -0.502 e. The van der Waals surface area contributed by atoms with Crippen LogP contribution in [0.2, 0.25) is 0 Å². The van der Waals surface area contributed by atoms with Crippen molar-refractivity contribution in [1.82, 2.24) is 4.90 Å². The Morgan fingerprint density at radius 2 is 1.64 bits per heavy atom. The van der Waals surface area contributed by atoms with Gasteiger partial charge in [-0.1, -0.05) is 0 Å². The summed E-state index contributed by atoms with van der Waals surface area (Å²) in [5.41, 5.74) is 2.98. The van der Waals surface area contributed by atoms with E-state index in [2.05, 4.69) is 25.1 Å². The van der Waals surface area contributed by atoms with E-state index in [0.717, 1.165) is 35.4 Å². The van der Waals surface area contributed by atoms with Gasteiger partial charge in [-0.2, -0.15) is 0 Å². The highest BCUT2D eigenvalue weighted by molar-refractivity contribution is 5.79. The predicted molar refractivity (Wildman–Crippen MR) is 119 cm³/mol. The fourth-order valence-corrected chi connectivity index (χ4v) is 5.54. The molecule has 0 aromatic heterocycles. The van der Waals surface area contributed by atoms with Gasteiger partial charge in [0.1, 0.15) is 0 Å². The number of phenols is 1. The van der Waals surface area contributed by atoms with Crippen molar-refractivity contribution in [3.8, 4) is 28.7 Å². The summed E-state index contributed by atoms with van der Waals surface area (Å²) in [5, 5.41) is 10.5. The van der Waals surface area contributed by atoms with Gasteiger partial charge in [0.15, 0.2) is 23.0 Å². The maximum Gasteiger partial charge on any atom is 0.310 e. The second-order valence-corrected chi connectivity index (χ2v) is 9.10. The molecule has 0 bridgehead atoms. The molecule has 2 aromatic carbocycles. The van der Waals surface area contributed by atoms with Gasteiger partial charge >= 0.3 is 5.97 Å². The summed E-state index contributed by atoms with van der Waals surface area (Å²) in [5.74, 6) is 1.24. The quantitative estimate of drug-likeness (QED) is 0.665. The first kappa shape index (κ1) is 21.7. The second kappa shape index (κ2) is 8.33. The molecule has 0 radical (unpaired) electrons. The van der Waals surface area contributed by atoms with Crippen molar-refractivity contribution in [3.05, 3.63) is 41.0 Å². The molecule has 8 heteroatoms. The monoisotopic (exact) mass is 455 g/mol. The Labute approximate surface area is 192 Å². The molecule has 0 saturated carbocycles. The molecule has 2 heterocycles. The molecule has 1 fully saturated rings. The molecular formula is C25H29NO7. The minimum absolute atomic E-state index is 0.0288. The lowest BCUT2D eigenvalue weighted by molar-refractivity contribution is -0.141. The van der Waals surface area contributed by atoms with Crippen LogP contribution in [-0.4, -0.2) is 64.2 Å². The van der Waals surface area contributed by atoms with E-state index in [1.54, 1.807) is 12.1 Å². The summed E-state index contributed by atoms with van der Waals surface area (Å²) in [6.45, 7) is 1.46. The molecule has 0 spiro atoms. The zero-order valence-corrected chi connectivity index (χ0v) is 19.3. The van der Waals surface area contributed by atoms with Gasteiger partial charge in [0.25, 0.3) is 0 Å². The molecule has 8 nitrogen and oxygen atoms in total. The molecule has 0 amide bonds. The van der Waals surface area contributed by atoms with E-state index in [0.29, 0.717) is 23.9 Å². The normalized spacial score (nSPS) is 24.9. The maximum atomic E-state index is 13.1. The number of benzene rings is 2. The Bertz CT molecular complexity index is 1060. The van der Waals surface area contributed by atoms with E-state index in [9.17, 15) is 9.90 Å². The molecule has 2 aromatic rings. The number of nitrogens with zero attached hydrogens (tertiary/aromatic N) is 1. The molecule has 176 valence electrons. The average Bonchev–Trinajstić information content (AvgIpc) is 3.42. The van der Waals surface area contributed by atoms with Crippen molar-refractivity contribution in [1.29, 1.82) is 0 Å². The highest BCUT2D eigenvalue weighted by Crippen LogP contribution is 2.56. The van der Waals surface area contributed by atoms with Gasteiger partial charge in [-0.15, -0.1) is 0 Å². The summed E-state index contributed by atoms with van der Waals surface area (Å²) in [6.07, 6.45) is 0.895. The van der Waals surface area contributed by atoms with Gasteiger partial charge in [-0.25, -0.2) is 0 Å². The molecule has 1 saturated heterocycles. The number of cyclic esters (lactones) is 1. The topological polar surface area (TPSA) is 86.7 Å². The number of hydrogen-bond donors (Lipinski definition) is 1. The molecule has 2 aliphatic heterocycles. The smallest absolute Gasteiger partial charge is 0.310 e. The van der Waals surface area contributed by atoms with Crippen LogP contribution in [0.4, 0.5) is 0 Å². The van der Waals surface area contributed by atoms with Crippen LogP contribution >= 0.6 is 0 Å². The number of fused-ring (bicyclic) bond motifs is 3.